The highest BCUT2D eigenvalue weighted by Gasteiger charge is 2.23. The number of hydrogen-bond donors (Lipinski definition) is 2. The zero-order chi connectivity index (χ0) is 14.6. The van der Waals surface area contributed by atoms with Gasteiger partial charge in [-0.3, -0.25) is 9.59 Å². The highest BCUT2D eigenvalue weighted by atomic mass is 16.4. The van der Waals surface area contributed by atoms with Crippen molar-refractivity contribution >= 4 is 11.9 Å². The van der Waals surface area contributed by atoms with Gasteiger partial charge in [-0.2, -0.15) is 0 Å². The lowest BCUT2D eigenvalue weighted by Crippen LogP contribution is -2.16. The highest BCUT2D eigenvalue weighted by Crippen LogP contribution is 2.24. The lowest BCUT2D eigenvalue weighted by atomic mass is 9.87. The van der Waals surface area contributed by atoms with Crippen molar-refractivity contribution in [2.75, 3.05) is 0 Å². The van der Waals surface area contributed by atoms with Gasteiger partial charge in [0.05, 0.1) is 12.3 Å². The zero-order valence-electron chi connectivity index (χ0n) is 11.5. The fourth-order valence-corrected chi connectivity index (χ4v) is 2.00. The summed E-state index contributed by atoms with van der Waals surface area (Å²) in [6, 6.07) is 7.17. The minimum absolute atomic E-state index is 0.161. The molecule has 0 aliphatic carbocycles. The quantitative estimate of drug-likeness (QED) is 0.857. The van der Waals surface area contributed by atoms with Crippen LogP contribution in [0.25, 0.3) is 0 Å². The Morgan fingerprint density at radius 2 is 1.63 bits per heavy atom. The summed E-state index contributed by atoms with van der Waals surface area (Å²) in [6.07, 6.45) is 0.498. The molecule has 0 bridgehead atoms. The lowest BCUT2D eigenvalue weighted by molar-refractivity contribution is -0.145. The van der Waals surface area contributed by atoms with Gasteiger partial charge < -0.3 is 10.2 Å². The van der Waals surface area contributed by atoms with Gasteiger partial charge in [-0.05, 0) is 23.0 Å². The Morgan fingerprint density at radius 1 is 1.11 bits per heavy atom. The second-order valence-electron chi connectivity index (χ2n) is 5.97. The van der Waals surface area contributed by atoms with E-state index in [4.69, 9.17) is 10.2 Å². The Hall–Kier alpha value is -1.84. The van der Waals surface area contributed by atoms with Crippen molar-refractivity contribution in [3.8, 4) is 0 Å². The van der Waals surface area contributed by atoms with Crippen molar-refractivity contribution in [3.63, 3.8) is 0 Å². The monoisotopic (exact) mass is 264 g/mol. The van der Waals surface area contributed by atoms with Gasteiger partial charge in [-0.15, -0.1) is 0 Å². The summed E-state index contributed by atoms with van der Waals surface area (Å²) >= 11 is 0. The standard InChI is InChI=1S/C15H20O4/c1-15(2,3)9-10-4-6-11(7-5-10)12(14(18)19)8-13(16)17/h4-7,12H,8-9H2,1-3H3,(H,16,17)(H,18,19). The van der Waals surface area contributed by atoms with Crippen LogP contribution in [0.15, 0.2) is 24.3 Å². The molecule has 0 aliphatic rings. The first-order chi connectivity index (χ1) is 8.69. The molecular formula is C15H20O4. The molecule has 1 unspecified atom stereocenters. The molecule has 0 aromatic heterocycles. The van der Waals surface area contributed by atoms with E-state index in [1.165, 1.54) is 0 Å². The molecule has 1 atom stereocenters. The molecule has 0 aliphatic heterocycles. The summed E-state index contributed by atoms with van der Waals surface area (Å²) < 4.78 is 0. The van der Waals surface area contributed by atoms with Gasteiger partial charge >= 0.3 is 11.9 Å². The SMILES string of the molecule is CC(C)(C)Cc1ccc(C(CC(=O)O)C(=O)O)cc1. The summed E-state index contributed by atoms with van der Waals surface area (Å²) in [5.74, 6) is -3.20. The van der Waals surface area contributed by atoms with E-state index in [0.717, 1.165) is 12.0 Å². The summed E-state index contributed by atoms with van der Waals surface area (Å²) in [4.78, 5) is 21.8. The zero-order valence-corrected chi connectivity index (χ0v) is 11.5. The molecule has 4 nitrogen and oxygen atoms in total. The minimum Gasteiger partial charge on any atom is -0.481 e. The number of hydrogen-bond acceptors (Lipinski definition) is 2. The van der Waals surface area contributed by atoms with E-state index in [9.17, 15) is 9.59 Å². The fraction of sp³-hybridized carbons (Fsp3) is 0.467. The van der Waals surface area contributed by atoms with Gasteiger partial charge in [-0.25, -0.2) is 0 Å². The van der Waals surface area contributed by atoms with Crippen LogP contribution < -0.4 is 0 Å². The first-order valence-electron chi connectivity index (χ1n) is 6.22. The van der Waals surface area contributed by atoms with Crippen LogP contribution in [0.1, 0.15) is 44.2 Å². The average molecular weight is 264 g/mol. The molecule has 0 saturated heterocycles. The van der Waals surface area contributed by atoms with Crippen molar-refractivity contribution in [1.82, 2.24) is 0 Å². The fourth-order valence-electron chi connectivity index (χ4n) is 2.00. The van der Waals surface area contributed by atoms with Gasteiger partial charge in [0.25, 0.3) is 0 Å². The van der Waals surface area contributed by atoms with Crippen LogP contribution in [0.5, 0.6) is 0 Å². The van der Waals surface area contributed by atoms with E-state index in [1.807, 2.05) is 12.1 Å². The Balaban J connectivity index is 2.89. The normalized spacial score (nSPS) is 13.0. The Morgan fingerprint density at radius 3 is 2.00 bits per heavy atom. The molecule has 0 spiro atoms. The smallest absolute Gasteiger partial charge is 0.311 e. The largest absolute Gasteiger partial charge is 0.481 e. The third-order valence-corrected chi connectivity index (χ3v) is 2.79. The predicted octanol–water partition coefficient (Wildman–Crippen LogP) is 2.92. The number of carbonyl (C=O) groups is 2. The van der Waals surface area contributed by atoms with Crippen molar-refractivity contribution in [1.29, 1.82) is 0 Å². The highest BCUT2D eigenvalue weighted by molar-refractivity contribution is 5.82. The molecule has 0 fully saturated rings. The molecule has 0 heterocycles. The maximum atomic E-state index is 11.1. The molecule has 0 amide bonds. The number of rotatable bonds is 5. The van der Waals surface area contributed by atoms with Gasteiger partial charge in [0.1, 0.15) is 0 Å². The van der Waals surface area contributed by atoms with E-state index in [0.29, 0.717) is 5.56 Å². The second kappa shape index (κ2) is 5.87. The molecule has 1 aromatic carbocycles. The van der Waals surface area contributed by atoms with Gasteiger partial charge in [0.2, 0.25) is 0 Å². The summed E-state index contributed by atoms with van der Waals surface area (Å²) in [7, 11) is 0. The summed E-state index contributed by atoms with van der Waals surface area (Å²) in [5, 5.41) is 17.8. The van der Waals surface area contributed by atoms with Crippen LogP contribution in [0.3, 0.4) is 0 Å². The maximum absolute atomic E-state index is 11.1. The molecule has 0 radical (unpaired) electrons. The van der Waals surface area contributed by atoms with E-state index in [-0.39, 0.29) is 5.41 Å². The third kappa shape index (κ3) is 5.12. The third-order valence-electron chi connectivity index (χ3n) is 2.79. The van der Waals surface area contributed by atoms with E-state index in [1.54, 1.807) is 12.1 Å². The predicted molar refractivity (Wildman–Crippen MR) is 72.2 cm³/mol. The van der Waals surface area contributed by atoms with Crippen LogP contribution in [-0.4, -0.2) is 22.2 Å². The lowest BCUT2D eigenvalue weighted by Gasteiger charge is -2.18. The molecule has 104 valence electrons. The molecule has 1 rings (SSSR count). The van der Waals surface area contributed by atoms with Crippen molar-refractivity contribution < 1.29 is 19.8 Å². The Bertz CT molecular complexity index is 454. The van der Waals surface area contributed by atoms with E-state index < -0.39 is 24.3 Å². The molecule has 0 saturated carbocycles. The maximum Gasteiger partial charge on any atom is 0.311 e. The summed E-state index contributed by atoms with van der Waals surface area (Å²) in [5.41, 5.74) is 1.82. The van der Waals surface area contributed by atoms with Crippen molar-refractivity contribution in [2.24, 2.45) is 5.41 Å². The van der Waals surface area contributed by atoms with E-state index >= 15 is 0 Å². The topological polar surface area (TPSA) is 74.6 Å². The number of carboxylic acids is 2. The van der Waals surface area contributed by atoms with Crippen LogP contribution in [0.2, 0.25) is 0 Å². The number of carboxylic acid groups (broad SMARTS) is 2. The molecule has 19 heavy (non-hydrogen) atoms. The Kier molecular flexibility index (Phi) is 4.70. The number of aliphatic carboxylic acids is 2. The molecule has 1 aromatic rings. The molecular weight excluding hydrogens is 244 g/mol. The van der Waals surface area contributed by atoms with Gasteiger partial charge in [-0.1, -0.05) is 45.0 Å². The van der Waals surface area contributed by atoms with Crippen molar-refractivity contribution in [3.05, 3.63) is 35.4 Å². The summed E-state index contributed by atoms with van der Waals surface area (Å²) in [6.45, 7) is 6.39. The first-order valence-corrected chi connectivity index (χ1v) is 6.22. The first kappa shape index (κ1) is 15.2. The van der Waals surface area contributed by atoms with Crippen LogP contribution in [-0.2, 0) is 16.0 Å². The van der Waals surface area contributed by atoms with Crippen LogP contribution in [0.4, 0.5) is 0 Å². The number of benzene rings is 1. The molecule has 2 N–H and O–H groups in total. The average Bonchev–Trinajstić information content (AvgIpc) is 2.24. The van der Waals surface area contributed by atoms with Crippen molar-refractivity contribution in [2.45, 2.75) is 39.5 Å². The molecule has 4 heteroatoms. The Labute approximate surface area is 113 Å². The second-order valence-corrected chi connectivity index (χ2v) is 5.97. The minimum atomic E-state index is -1.11. The van der Waals surface area contributed by atoms with Crippen LogP contribution in [0, 0.1) is 5.41 Å². The van der Waals surface area contributed by atoms with Gasteiger partial charge in [0.15, 0.2) is 0 Å². The van der Waals surface area contributed by atoms with Crippen LogP contribution >= 0.6 is 0 Å². The van der Waals surface area contributed by atoms with Gasteiger partial charge in [0, 0.05) is 0 Å². The van der Waals surface area contributed by atoms with E-state index in [2.05, 4.69) is 20.8 Å².